The average Bonchev–Trinajstić information content (AvgIpc) is 1.62. The molecule has 0 saturated heterocycles. The molecule has 0 atom stereocenters. The maximum absolute atomic E-state index is 10.6. The van der Waals surface area contributed by atoms with Gasteiger partial charge in [-0.1, -0.05) is 22.6 Å². The minimum atomic E-state index is -0.382. The first-order valence-electron chi connectivity index (χ1n) is 2.26. The van der Waals surface area contributed by atoms with Crippen molar-refractivity contribution in [2.75, 3.05) is 7.11 Å². The number of hydrogen-bond donors (Lipinski definition) is 0. The number of ether oxygens (including phenoxy) is 1. The van der Waals surface area contributed by atoms with Gasteiger partial charge in [0.2, 0.25) is 0 Å². The lowest BCUT2D eigenvalue weighted by atomic mass is 10.2. The van der Waals surface area contributed by atoms with Crippen LogP contribution in [-0.2, 0) is 9.53 Å². The third-order valence-corrected chi connectivity index (χ3v) is 1.11. The normalized spacial score (nSPS) is 11.0. The van der Waals surface area contributed by atoms with Crippen molar-refractivity contribution < 1.29 is 9.53 Å². The number of methoxy groups -OCH3 is 1. The fraction of sp³-hybridized carbons (Fsp3) is 0.800. The molecule has 2 nitrogen and oxygen atoms in total. The van der Waals surface area contributed by atoms with E-state index in [0.717, 1.165) is 0 Å². The van der Waals surface area contributed by atoms with Crippen LogP contribution in [0.4, 0.5) is 0 Å². The van der Waals surface area contributed by atoms with Crippen molar-refractivity contribution in [3.8, 4) is 0 Å². The van der Waals surface area contributed by atoms with Gasteiger partial charge in [-0.2, -0.15) is 0 Å². The monoisotopic (exact) mass is 228 g/mol. The van der Waals surface area contributed by atoms with Crippen molar-refractivity contribution in [2.45, 2.75) is 17.3 Å². The van der Waals surface area contributed by atoms with Crippen LogP contribution in [0.5, 0.6) is 0 Å². The highest BCUT2D eigenvalue weighted by molar-refractivity contribution is 14.1. The summed E-state index contributed by atoms with van der Waals surface area (Å²) >= 11 is 2.03. The van der Waals surface area contributed by atoms with Gasteiger partial charge in [0.25, 0.3) is 0 Å². The third-order valence-electron chi connectivity index (χ3n) is 0.671. The van der Waals surface area contributed by atoms with Gasteiger partial charge in [0.1, 0.15) is 3.42 Å². The molecule has 0 amide bonds. The molecular formula is C5H9IO2. The molecule has 0 bridgehead atoms. The minimum Gasteiger partial charge on any atom is -0.468 e. The van der Waals surface area contributed by atoms with Crippen LogP contribution in [0.15, 0.2) is 0 Å². The molecule has 0 aromatic heterocycles. The van der Waals surface area contributed by atoms with Crippen LogP contribution in [0.2, 0.25) is 0 Å². The van der Waals surface area contributed by atoms with E-state index in [1.165, 1.54) is 7.11 Å². The molecule has 0 aromatic carbocycles. The SMILES string of the molecule is COC(=O)C(C)(C)I. The Kier molecular flexibility index (Phi) is 2.73. The molecule has 0 N–H and O–H groups in total. The maximum Gasteiger partial charge on any atom is 0.321 e. The molecule has 0 unspecified atom stereocenters. The lowest BCUT2D eigenvalue weighted by Crippen LogP contribution is -2.24. The molecule has 0 aliphatic carbocycles. The predicted octanol–water partition coefficient (Wildman–Crippen LogP) is 1.37. The fourth-order valence-corrected chi connectivity index (χ4v) is 0.463. The summed E-state index contributed by atoms with van der Waals surface area (Å²) in [5, 5.41) is 0. The maximum atomic E-state index is 10.6. The molecule has 48 valence electrons. The van der Waals surface area contributed by atoms with Crippen LogP contribution < -0.4 is 0 Å². The molecule has 0 spiro atoms. The first-order chi connectivity index (χ1) is 3.48. The summed E-state index contributed by atoms with van der Waals surface area (Å²) in [4.78, 5) is 10.6. The topological polar surface area (TPSA) is 26.3 Å². The van der Waals surface area contributed by atoms with E-state index in [9.17, 15) is 4.79 Å². The van der Waals surface area contributed by atoms with Crippen molar-refractivity contribution in [3.05, 3.63) is 0 Å². The zero-order valence-electron chi connectivity index (χ0n) is 5.19. The van der Waals surface area contributed by atoms with E-state index in [1.54, 1.807) is 13.8 Å². The summed E-state index contributed by atoms with van der Waals surface area (Å²) in [6.07, 6.45) is 0. The Balaban J connectivity index is 3.82. The molecule has 0 fully saturated rings. The Labute approximate surface area is 62.7 Å². The van der Waals surface area contributed by atoms with Gasteiger partial charge in [-0.15, -0.1) is 0 Å². The Morgan fingerprint density at radius 2 is 2.00 bits per heavy atom. The summed E-state index contributed by atoms with van der Waals surface area (Å²) in [5.74, 6) is -0.182. The number of halogens is 1. The first-order valence-corrected chi connectivity index (χ1v) is 3.33. The predicted molar refractivity (Wildman–Crippen MR) is 40.1 cm³/mol. The Hall–Kier alpha value is 0.200. The average molecular weight is 228 g/mol. The molecule has 8 heavy (non-hydrogen) atoms. The van der Waals surface area contributed by atoms with Gasteiger partial charge in [-0.25, -0.2) is 0 Å². The molecule has 3 heteroatoms. The molecule has 0 rings (SSSR count). The van der Waals surface area contributed by atoms with Gasteiger partial charge >= 0.3 is 5.97 Å². The number of carbonyl (C=O) groups excluding carboxylic acids is 1. The molecule has 0 aliphatic heterocycles. The summed E-state index contributed by atoms with van der Waals surface area (Å²) in [6, 6.07) is 0. The zero-order valence-corrected chi connectivity index (χ0v) is 7.35. The lowest BCUT2D eigenvalue weighted by Gasteiger charge is -2.11. The lowest BCUT2D eigenvalue weighted by molar-refractivity contribution is -0.141. The van der Waals surface area contributed by atoms with Crippen molar-refractivity contribution in [1.29, 1.82) is 0 Å². The van der Waals surface area contributed by atoms with Gasteiger partial charge in [-0.05, 0) is 13.8 Å². The summed E-state index contributed by atoms with van der Waals surface area (Å²) < 4.78 is 4.09. The standard InChI is InChI=1S/C5H9IO2/c1-5(2,6)4(7)8-3/h1-3H3. The van der Waals surface area contributed by atoms with Crippen molar-refractivity contribution >= 4 is 28.6 Å². The Morgan fingerprint density at radius 3 is 2.00 bits per heavy atom. The first kappa shape index (κ1) is 8.20. The van der Waals surface area contributed by atoms with Gasteiger partial charge in [0.05, 0.1) is 7.11 Å². The number of carbonyl (C=O) groups is 1. The third kappa shape index (κ3) is 2.49. The quantitative estimate of drug-likeness (QED) is 0.385. The fourth-order valence-electron chi connectivity index (χ4n) is 0.243. The Morgan fingerprint density at radius 1 is 1.62 bits per heavy atom. The van der Waals surface area contributed by atoms with E-state index in [0.29, 0.717) is 0 Å². The highest BCUT2D eigenvalue weighted by atomic mass is 127. The molecule has 0 saturated carbocycles. The smallest absolute Gasteiger partial charge is 0.321 e. The summed E-state index contributed by atoms with van der Waals surface area (Å²) in [6.45, 7) is 3.61. The molecule has 0 aliphatic rings. The van der Waals surface area contributed by atoms with Crippen molar-refractivity contribution in [2.24, 2.45) is 0 Å². The number of esters is 1. The van der Waals surface area contributed by atoms with Crippen LogP contribution in [0.1, 0.15) is 13.8 Å². The number of alkyl halides is 1. The van der Waals surface area contributed by atoms with Gasteiger partial charge in [0.15, 0.2) is 0 Å². The van der Waals surface area contributed by atoms with E-state index in [4.69, 9.17) is 0 Å². The number of rotatable bonds is 1. The summed E-state index contributed by atoms with van der Waals surface area (Å²) in [7, 11) is 1.39. The van der Waals surface area contributed by atoms with E-state index < -0.39 is 0 Å². The van der Waals surface area contributed by atoms with Gasteiger partial charge in [0, 0.05) is 0 Å². The van der Waals surface area contributed by atoms with Gasteiger partial charge in [-0.3, -0.25) is 4.79 Å². The van der Waals surface area contributed by atoms with Crippen molar-refractivity contribution in [3.63, 3.8) is 0 Å². The second-order valence-corrected chi connectivity index (χ2v) is 4.66. The van der Waals surface area contributed by atoms with E-state index in [-0.39, 0.29) is 9.39 Å². The second-order valence-electron chi connectivity index (χ2n) is 1.96. The summed E-state index contributed by atoms with van der Waals surface area (Å²) in [5.41, 5.74) is 0. The number of hydrogen-bond acceptors (Lipinski definition) is 2. The Bertz CT molecular complexity index is 93.1. The largest absolute Gasteiger partial charge is 0.468 e. The highest BCUT2D eigenvalue weighted by Gasteiger charge is 2.23. The van der Waals surface area contributed by atoms with E-state index in [2.05, 4.69) is 4.74 Å². The van der Waals surface area contributed by atoms with E-state index in [1.807, 2.05) is 22.6 Å². The van der Waals surface area contributed by atoms with Crippen LogP contribution in [0, 0.1) is 0 Å². The molecule has 0 aromatic rings. The molecule has 0 heterocycles. The van der Waals surface area contributed by atoms with Gasteiger partial charge < -0.3 is 4.74 Å². The highest BCUT2D eigenvalue weighted by Crippen LogP contribution is 2.17. The minimum absolute atomic E-state index is 0.182. The second kappa shape index (κ2) is 2.66. The van der Waals surface area contributed by atoms with Crippen LogP contribution in [-0.4, -0.2) is 16.5 Å². The van der Waals surface area contributed by atoms with Crippen LogP contribution in [0.3, 0.4) is 0 Å². The molecule has 0 radical (unpaired) electrons. The van der Waals surface area contributed by atoms with Crippen molar-refractivity contribution in [1.82, 2.24) is 0 Å². The zero-order chi connectivity index (χ0) is 6.78. The van der Waals surface area contributed by atoms with Crippen LogP contribution in [0.25, 0.3) is 0 Å². The molecular weight excluding hydrogens is 219 g/mol. The van der Waals surface area contributed by atoms with E-state index >= 15 is 0 Å². The van der Waals surface area contributed by atoms with Crippen LogP contribution >= 0.6 is 22.6 Å².